The van der Waals surface area contributed by atoms with Gasteiger partial charge in [-0.2, -0.15) is 0 Å². The second kappa shape index (κ2) is 9.67. The molecule has 2 aromatic rings. The van der Waals surface area contributed by atoms with Crippen LogP contribution in [0.25, 0.3) is 0 Å². The van der Waals surface area contributed by atoms with E-state index in [9.17, 15) is 9.59 Å². The Morgan fingerprint density at radius 2 is 1.97 bits per heavy atom. The van der Waals surface area contributed by atoms with E-state index in [-0.39, 0.29) is 23.9 Å². The molecule has 0 fully saturated rings. The monoisotopic (exact) mass is 431 g/mol. The van der Waals surface area contributed by atoms with Gasteiger partial charge in [-0.3, -0.25) is 9.59 Å². The molecule has 0 aliphatic carbocycles. The molecule has 0 spiro atoms. The van der Waals surface area contributed by atoms with E-state index in [0.29, 0.717) is 36.0 Å². The molecule has 6 nitrogen and oxygen atoms in total. The third kappa shape index (κ3) is 4.71. The van der Waals surface area contributed by atoms with Crippen molar-refractivity contribution in [1.29, 1.82) is 0 Å². The molecule has 2 amide bonds. The van der Waals surface area contributed by atoms with Crippen molar-refractivity contribution in [3.05, 3.63) is 57.9 Å². The quantitative estimate of drug-likeness (QED) is 0.705. The van der Waals surface area contributed by atoms with E-state index in [2.05, 4.69) is 12.2 Å². The Kier molecular flexibility index (Phi) is 7.21. The Morgan fingerprint density at radius 1 is 1.27 bits per heavy atom. The first-order valence-electron chi connectivity index (χ1n) is 10.5. The molecule has 2 heterocycles. The first-order chi connectivity index (χ1) is 14.3. The van der Waals surface area contributed by atoms with Crippen LogP contribution in [-0.2, 0) is 17.9 Å². The van der Waals surface area contributed by atoms with E-state index in [1.807, 2.05) is 37.6 Å². The van der Waals surface area contributed by atoms with Crippen LogP contribution in [0.5, 0.6) is 0 Å². The predicted octanol–water partition coefficient (Wildman–Crippen LogP) is 4.42. The largest absolute Gasteiger partial charge is 0.373 e. The summed E-state index contributed by atoms with van der Waals surface area (Å²) in [5.74, 6) is -0.279. The van der Waals surface area contributed by atoms with E-state index in [1.165, 1.54) is 0 Å². The molecule has 2 atom stereocenters. The highest BCUT2D eigenvalue weighted by Crippen LogP contribution is 2.24. The van der Waals surface area contributed by atoms with Gasteiger partial charge in [0.25, 0.3) is 11.8 Å². The van der Waals surface area contributed by atoms with E-state index in [1.54, 1.807) is 23.1 Å². The molecule has 3 rings (SSSR count). The Bertz CT molecular complexity index is 907. The molecule has 1 aliphatic heterocycles. The summed E-state index contributed by atoms with van der Waals surface area (Å²) in [5.41, 5.74) is 2.75. The van der Waals surface area contributed by atoms with Crippen LogP contribution in [0.2, 0.25) is 5.02 Å². The van der Waals surface area contributed by atoms with Gasteiger partial charge in [-0.15, -0.1) is 0 Å². The smallest absolute Gasteiger partial charge is 0.270 e. The third-order valence-electron chi connectivity index (χ3n) is 5.78. The van der Waals surface area contributed by atoms with E-state index in [4.69, 9.17) is 16.3 Å². The fraction of sp³-hybridized carbons (Fsp3) is 0.478. The third-order valence-corrected chi connectivity index (χ3v) is 6.03. The molecule has 7 heteroatoms. The van der Waals surface area contributed by atoms with Crippen LogP contribution in [0.3, 0.4) is 0 Å². The van der Waals surface area contributed by atoms with Crippen molar-refractivity contribution in [2.45, 2.75) is 58.8 Å². The van der Waals surface area contributed by atoms with Crippen LogP contribution in [-0.4, -0.2) is 41.0 Å². The molecular weight excluding hydrogens is 402 g/mol. The number of ether oxygens (including phenoxy) is 1. The molecule has 0 bridgehead atoms. The Morgan fingerprint density at radius 3 is 2.63 bits per heavy atom. The number of benzene rings is 1. The van der Waals surface area contributed by atoms with Crippen LogP contribution in [0.4, 0.5) is 0 Å². The average molecular weight is 432 g/mol. The van der Waals surface area contributed by atoms with Crippen molar-refractivity contribution < 1.29 is 14.3 Å². The lowest BCUT2D eigenvalue weighted by atomic mass is 10.1. The molecule has 1 aromatic carbocycles. The number of halogens is 1. The first kappa shape index (κ1) is 22.4. The second-order valence-corrected chi connectivity index (χ2v) is 8.33. The molecule has 0 saturated heterocycles. The molecule has 162 valence electrons. The highest BCUT2D eigenvalue weighted by atomic mass is 35.5. The molecule has 1 aliphatic rings. The Balaban J connectivity index is 1.85. The lowest BCUT2D eigenvalue weighted by Gasteiger charge is -2.26. The van der Waals surface area contributed by atoms with Gasteiger partial charge in [0.2, 0.25) is 0 Å². The number of hydrogen-bond acceptors (Lipinski definition) is 3. The lowest BCUT2D eigenvalue weighted by molar-refractivity contribution is 0.0676. The fourth-order valence-electron chi connectivity index (χ4n) is 3.80. The maximum atomic E-state index is 13.2. The van der Waals surface area contributed by atoms with Crippen LogP contribution < -0.4 is 5.32 Å². The zero-order chi connectivity index (χ0) is 21.8. The van der Waals surface area contributed by atoms with Crippen molar-refractivity contribution in [2.75, 3.05) is 13.7 Å². The SMILES string of the molecule is CCC[C@H](C)N(C)C(=O)c1cc(C(=O)N[C@H](C)c2ccc(Cl)cc2)c2n1CCOC2. The zero-order valence-electron chi connectivity index (χ0n) is 18.1. The number of carbonyl (C=O) groups excluding carboxylic acids is 2. The molecule has 0 saturated carbocycles. The van der Waals surface area contributed by atoms with Crippen molar-refractivity contribution in [3.63, 3.8) is 0 Å². The topological polar surface area (TPSA) is 63.6 Å². The summed E-state index contributed by atoms with van der Waals surface area (Å²) in [7, 11) is 1.82. The number of amides is 2. The van der Waals surface area contributed by atoms with Crippen molar-refractivity contribution >= 4 is 23.4 Å². The molecule has 30 heavy (non-hydrogen) atoms. The van der Waals surface area contributed by atoms with Gasteiger partial charge in [-0.05, 0) is 44.0 Å². The van der Waals surface area contributed by atoms with E-state index in [0.717, 1.165) is 24.1 Å². The molecule has 1 aromatic heterocycles. The maximum absolute atomic E-state index is 13.2. The predicted molar refractivity (Wildman–Crippen MR) is 118 cm³/mol. The highest BCUT2D eigenvalue weighted by molar-refractivity contribution is 6.30. The van der Waals surface area contributed by atoms with Gasteiger partial charge in [-0.25, -0.2) is 0 Å². The van der Waals surface area contributed by atoms with Gasteiger partial charge in [-0.1, -0.05) is 37.1 Å². The molecular formula is C23H30ClN3O3. The van der Waals surface area contributed by atoms with Gasteiger partial charge in [0.1, 0.15) is 5.69 Å². The normalized spacial score (nSPS) is 15.2. The number of fused-ring (bicyclic) bond motifs is 1. The van der Waals surface area contributed by atoms with Crippen LogP contribution in [0.1, 0.15) is 71.8 Å². The second-order valence-electron chi connectivity index (χ2n) is 7.89. The van der Waals surface area contributed by atoms with Gasteiger partial charge in [0.15, 0.2) is 0 Å². The summed E-state index contributed by atoms with van der Waals surface area (Å²) in [5, 5.41) is 3.68. The van der Waals surface area contributed by atoms with Crippen molar-refractivity contribution in [3.8, 4) is 0 Å². The summed E-state index contributed by atoms with van der Waals surface area (Å²) in [4.78, 5) is 28.0. The van der Waals surface area contributed by atoms with Gasteiger partial charge in [0, 0.05) is 24.7 Å². The number of nitrogens with zero attached hydrogens (tertiary/aromatic N) is 2. The maximum Gasteiger partial charge on any atom is 0.270 e. The fourth-order valence-corrected chi connectivity index (χ4v) is 3.93. The van der Waals surface area contributed by atoms with E-state index >= 15 is 0 Å². The number of rotatable bonds is 7. The van der Waals surface area contributed by atoms with Gasteiger partial charge < -0.3 is 19.5 Å². The highest BCUT2D eigenvalue weighted by Gasteiger charge is 2.29. The number of aromatic nitrogens is 1. The number of hydrogen-bond donors (Lipinski definition) is 1. The average Bonchev–Trinajstić information content (AvgIpc) is 3.13. The standard InChI is InChI=1S/C23H30ClN3O3/c1-5-6-15(2)26(4)23(29)20-13-19(21-14-30-12-11-27(20)21)22(28)25-16(3)17-7-9-18(24)10-8-17/h7-10,13,15-16H,5-6,11-12,14H2,1-4H3,(H,25,28)/t15-,16+/m0/s1. The Hall–Kier alpha value is -2.31. The molecule has 0 unspecified atom stereocenters. The van der Waals surface area contributed by atoms with Crippen LogP contribution in [0, 0.1) is 0 Å². The van der Waals surface area contributed by atoms with Crippen molar-refractivity contribution in [2.24, 2.45) is 0 Å². The van der Waals surface area contributed by atoms with E-state index < -0.39 is 0 Å². The summed E-state index contributed by atoms with van der Waals surface area (Å²) in [6.45, 7) is 7.48. The molecule has 0 radical (unpaired) electrons. The summed E-state index contributed by atoms with van der Waals surface area (Å²) >= 11 is 5.96. The van der Waals surface area contributed by atoms with Gasteiger partial charge >= 0.3 is 0 Å². The number of nitrogens with one attached hydrogen (secondary N) is 1. The summed E-state index contributed by atoms with van der Waals surface area (Å²) in [6, 6.07) is 9.05. The first-order valence-corrected chi connectivity index (χ1v) is 10.8. The van der Waals surface area contributed by atoms with Crippen molar-refractivity contribution in [1.82, 2.24) is 14.8 Å². The minimum Gasteiger partial charge on any atom is -0.373 e. The summed E-state index contributed by atoms with van der Waals surface area (Å²) < 4.78 is 7.52. The van der Waals surface area contributed by atoms with Crippen LogP contribution in [0.15, 0.2) is 30.3 Å². The molecule has 1 N–H and O–H groups in total. The Labute approximate surface area is 183 Å². The minimum atomic E-state index is -0.213. The summed E-state index contributed by atoms with van der Waals surface area (Å²) in [6.07, 6.45) is 1.94. The van der Waals surface area contributed by atoms with Gasteiger partial charge in [0.05, 0.1) is 30.5 Å². The number of carbonyl (C=O) groups is 2. The lowest BCUT2D eigenvalue weighted by Crippen LogP contribution is -2.36. The van der Waals surface area contributed by atoms with Crippen LogP contribution >= 0.6 is 11.6 Å². The minimum absolute atomic E-state index is 0.0658. The zero-order valence-corrected chi connectivity index (χ0v) is 18.8.